The summed E-state index contributed by atoms with van der Waals surface area (Å²) in [6, 6.07) is 0.00446. The third kappa shape index (κ3) is 3.66. The van der Waals surface area contributed by atoms with Crippen molar-refractivity contribution in [2.75, 3.05) is 24.9 Å². The van der Waals surface area contributed by atoms with Crippen molar-refractivity contribution in [1.82, 2.24) is 19.8 Å². The van der Waals surface area contributed by atoms with Crippen molar-refractivity contribution in [2.24, 2.45) is 0 Å². The zero-order valence-corrected chi connectivity index (χ0v) is 13.4. The molecule has 2 N–H and O–H groups in total. The Morgan fingerprint density at radius 2 is 2.20 bits per heavy atom. The number of aryl methyl sites for hydroxylation is 1. The molecule has 1 aliphatic heterocycles. The van der Waals surface area contributed by atoms with Crippen molar-refractivity contribution in [1.29, 1.82) is 0 Å². The number of rotatable bonds is 6. The average molecular weight is 319 g/mol. The zero-order chi connectivity index (χ0) is 14.6. The summed E-state index contributed by atoms with van der Waals surface area (Å²) >= 11 is 1.28. The summed E-state index contributed by atoms with van der Waals surface area (Å²) < 4.78 is 29.0. The predicted molar refractivity (Wildman–Crippen MR) is 80.1 cm³/mol. The van der Waals surface area contributed by atoms with E-state index in [1.807, 2.05) is 14.0 Å². The summed E-state index contributed by atoms with van der Waals surface area (Å²) in [5.41, 5.74) is 0. The number of nitrogens with zero attached hydrogens (tertiary/aromatic N) is 3. The van der Waals surface area contributed by atoms with Gasteiger partial charge >= 0.3 is 10.2 Å². The molecule has 1 fully saturated rings. The fourth-order valence-electron chi connectivity index (χ4n) is 2.34. The van der Waals surface area contributed by atoms with Gasteiger partial charge in [-0.25, -0.2) is 4.72 Å². The highest BCUT2D eigenvalue weighted by Crippen LogP contribution is 2.23. The summed E-state index contributed by atoms with van der Waals surface area (Å²) in [6.45, 7) is 3.19. The molecule has 114 valence electrons. The third-order valence-corrected chi connectivity index (χ3v) is 5.97. The molecule has 1 saturated heterocycles. The summed E-state index contributed by atoms with van der Waals surface area (Å²) in [5, 5.41) is 12.0. The van der Waals surface area contributed by atoms with E-state index >= 15 is 0 Å². The first kappa shape index (κ1) is 15.6. The molecule has 2 heterocycles. The quantitative estimate of drug-likeness (QED) is 0.811. The monoisotopic (exact) mass is 319 g/mol. The van der Waals surface area contributed by atoms with Crippen LogP contribution in [0.25, 0.3) is 0 Å². The lowest BCUT2D eigenvalue weighted by atomic mass is 10.1. The molecule has 1 aliphatic rings. The minimum Gasteiger partial charge on any atom is -0.318 e. The molecule has 1 aromatic heterocycles. The molecule has 2 rings (SSSR count). The normalized spacial score (nSPS) is 21.0. The van der Waals surface area contributed by atoms with E-state index in [2.05, 4.69) is 20.2 Å². The van der Waals surface area contributed by atoms with E-state index < -0.39 is 10.2 Å². The van der Waals surface area contributed by atoms with Gasteiger partial charge in [-0.3, -0.25) is 0 Å². The first-order valence-corrected chi connectivity index (χ1v) is 9.09. The maximum absolute atomic E-state index is 12.5. The molecule has 0 aliphatic carbocycles. The Morgan fingerprint density at radius 1 is 1.40 bits per heavy atom. The highest BCUT2D eigenvalue weighted by atomic mass is 32.2. The highest BCUT2D eigenvalue weighted by molar-refractivity contribution is 7.90. The number of hydrogen-bond acceptors (Lipinski definition) is 6. The summed E-state index contributed by atoms with van der Waals surface area (Å²) in [4.78, 5) is 0. The van der Waals surface area contributed by atoms with E-state index in [9.17, 15) is 8.42 Å². The van der Waals surface area contributed by atoms with Crippen LogP contribution in [-0.4, -0.2) is 49.1 Å². The minimum atomic E-state index is -3.55. The van der Waals surface area contributed by atoms with E-state index in [1.165, 1.54) is 11.3 Å². The van der Waals surface area contributed by atoms with Crippen molar-refractivity contribution in [3.8, 4) is 0 Å². The zero-order valence-electron chi connectivity index (χ0n) is 11.8. The topological polar surface area (TPSA) is 87.2 Å². The van der Waals surface area contributed by atoms with Crippen LogP contribution in [0.4, 0.5) is 5.13 Å². The second-order valence-corrected chi connectivity index (χ2v) is 7.46. The van der Waals surface area contributed by atoms with Crippen molar-refractivity contribution in [3.63, 3.8) is 0 Å². The van der Waals surface area contributed by atoms with E-state index in [-0.39, 0.29) is 6.04 Å². The molecule has 20 heavy (non-hydrogen) atoms. The maximum atomic E-state index is 12.5. The predicted octanol–water partition coefficient (Wildman–Crippen LogP) is 0.831. The van der Waals surface area contributed by atoms with Crippen LogP contribution in [0.15, 0.2) is 0 Å². The van der Waals surface area contributed by atoms with Crippen LogP contribution in [0.1, 0.15) is 31.2 Å². The number of piperidine rings is 1. The molecule has 0 radical (unpaired) electrons. The number of anilines is 1. The van der Waals surface area contributed by atoms with E-state index in [0.29, 0.717) is 18.2 Å². The number of hydrogen-bond donors (Lipinski definition) is 2. The van der Waals surface area contributed by atoms with Gasteiger partial charge in [0.2, 0.25) is 5.13 Å². The van der Waals surface area contributed by atoms with Crippen LogP contribution in [0, 0.1) is 0 Å². The Bertz CT molecular complexity index is 529. The van der Waals surface area contributed by atoms with Crippen molar-refractivity contribution < 1.29 is 8.42 Å². The SMILES string of the molecule is CCc1nnc(NS(=O)(=O)N2CCCCC2CNC)s1. The van der Waals surface area contributed by atoms with Gasteiger partial charge in [0.1, 0.15) is 5.01 Å². The molecule has 1 unspecified atom stereocenters. The van der Waals surface area contributed by atoms with E-state index in [0.717, 1.165) is 30.7 Å². The Kier molecular flexibility index (Phi) is 5.30. The Hall–Kier alpha value is -0.770. The van der Waals surface area contributed by atoms with Crippen LogP contribution in [0.3, 0.4) is 0 Å². The Morgan fingerprint density at radius 3 is 2.85 bits per heavy atom. The molecular weight excluding hydrogens is 298 g/mol. The Labute approximate surface area is 124 Å². The van der Waals surface area contributed by atoms with E-state index in [4.69, 9.17) is 0 Å². The van der Waals surface area contributed by atoms with Gasteiger partial charge in [0.25, 0.3) is 0 Å². The minimum absolute atomic E-state index is 0.00446. The molecule has 9 heteroatoms. The second-order valence-electron chi connectivity index (χ2n) is 4.78. The molecule has 1 atom stereocenters. The maximum Gasteiger partial charge on any atom is 0.303 e. The van der Waals surface area contributed by atoms with Crippen LogP contribution in [-0.2, 0) is 16.6 Å². The summed E-state index contributed by atoms with van der Waals surface area (Å²) in [5.74, 6) is 0. The van der Waals surface area contributed by atoms with Crippen molar-refractivity contribution >= 4 is 26.7 Å². The lowest BCUT2D eigenvalue weighted by molar-refractivity contribution is 0.250. The fraction of sp³-hybridized carbons (Fsp3) is 0.818. The summed E-state index contributed by atoms with van der Waals surface area (Å²) in [6.07, 6.45) is 3.61. The van der Waals surface area contributed by atoms with Crippen molar-refractivity contribution in [2.45, 2.75) is 38.6 Å². The molecule has 1 aromatic rings. The van der Waals surface area contributed by atoms with Crippen LogP contribution in [0.2, 0.25) is 0 Å². The van der Waals surface area contributed by atoms with Gasteiger partial charge in [0, 0.05) is 19.1 Å². The molecular formula is C11H21N5O2S2. The molecule has 0 bridgehead atoms. The first-order valence-electron chi connectivity index (χ1n) is 6.83. The van der Waals surface area contributed by atoms with Gasteiger partial charge in [-0.15, -0.1) is 10.2 Å². The fourth-order valence-corrected chi connectivity index (χ4v) is 4.67. The molecule has 0 amide bonds. The molecule has 0 aromatic carbocycles. The molecule has 0 saturated carbocycles. The lowest BCUT2D eigenvalue weighted by Crippen LogP contribution is -2.49. The second kappa shape index (κ2) is 6.79. The van der Waals surface area contributed by atoms with Gasteiger partial charge < -0.3 is 5.32 Å². The standard InChI is InChI=1S/C11H21N5O2S2/c1-3-10-13-14-11(19-10)15-20(17,18)16-7-5-4-6-9(16)8-12-2/h9,12H,3-8H2,1-2H3,(H,14,15). The molecule has 0 spiro atoms. The van der Waals surface area contributed by atoms with Crippen LogP contribution < -0.4 is 10.0 Å². The van der Waals surface area contributed by atoms with Gasteiger partial charge in [0.05, 0.1) is 0 Å². The number of nitrogens with one attached hydrogen (secondary N) is 2. The Balaban J connectivity index is 2.11. The van der Waals surface area contributed by atoms with Gasteiger partial charge in [-0.2, -0.15) is 12.7 Å². The number of likely N-dealkylation sites (N-methyl/N-ethyl adjacent to an activating group) is 1. The van der Waals surface area contributed by atoms with Crippen LogP contribution >= 0.6 is 11.3 Å². The van der Waals surface area contributed by atoms with Gasteiger partial charge in [-0.05, 0) is 26.3 Å². The highest BCUT2D eigenvalue weighted by Gasteiger charge is 2.32. The first-order chi connectivity index (χ1) is 9.56. The number of aromatic nitrogens is 2. The van der Waals surface area contributed by atoms with Gasteiger partial charge in [0.15, 0.2) is 0 Å². The summed E-state index contributed by atoms with van der Waals surface area (Å²) in [7, 11) is -1.71. The molecule has 7 nitrogen and oxygen atoms in total. The van der Waals surface area contributed by atoms with Crippen molar-refractivity contribution in [3.05, 3.63) is 5.01 Å². The van der Waals surface area contributed by atoms with Crippen LogP contribution in [0.5, 0.6) is 0 Å². The lowest BCUT2D eigenvalue weighted by Gasteiger charge is -2.34. The van der Waals surface area contributed by atoms with E-state index in [1.54, 1.807) is 4.31 Å². The van der Waals surface area contributed by atoms with Gasteiger partial charge in [-0.1, -0.05) is 24.7 Å². The average Bonchev–Trinajstić information content (AvgIpc) is 2.86. The smallest absolute Gasteiger partial charge is 0.303 e. The largest absolute Gasteiger partial charge is 0.318 e. The third-order valence-electron chi connectivity index (χ3n) is 3.31.